The smallest absolute Gasteiger partial charge is 0.251 e. The summed E-state index contributed by atoms with van der Waals surface area (Å²) < 4.78 is 0. The summed E-state index contributed by atoms with van der Waals surface area (Å²) in [5, 5.41) is 13.9. The van der Waals surface area contributed by atoms with Crippen molar-refractivity contribution < 1.29 is 9.90 Å². The first-order chi connectivity index (χ1) is 12.1. The van der Waals surface area contributed by atoms with Crippen LogP contribution in [0.5, 0.6) is 0 Å². The average molecular weight is 344 g/mol. The van der Waals surface area contributed by atoms with E-state index >= 15 is 0 Å². The first-order valence-corrected chi connectivity index (χ1v) is 9.93. The zero-order valence-electron chi connectivity index (χ0n) is 15.5. The fraction of sp³-hybridized carbons (Fsp3) is 0.667. The minimum absolute atomic E-state index is 0.0572. The molecule has 25 heavy (non-hydrogen) atoms. The summed E-state index contributed by atoms with van der Waals surface area (Å²) in [6, 6.07) is 8.12. The van der Waals surface area contributed by atoms with E-state index in [4.69, 9.17) is 0 Å². The van der Waals surface area contributed by atoms with Gasteiger partial charge in [-0.1, -0.05) is 44.4 Å². The number of piperidine rings is 1. The lowest BCUT2D eigenvalue weighted by Crippen LogP contribution is -2.50. The van der Waals surface area contributed by atoms with Gasteiger partial charge in [0.15, 0.2) is 0 Å². The van der Waals surface area contributed by atoms with E-state index in [-0.39, 0.29) is 11.9 Å². The molecule has 1 amide bonds. The molecule has 138 valence electrons. The molecule has 1 aromatic rings. The molecule has 1 aliphatic heterocycles. The Morgan fingerprint density at radius 1 is 1.20 bits per heavy atom. The lowest BCUT2D eigenvalue weighted by molar-refractivity contribution is -0.0312. The molecule has 2 fully saturated rings. The van der Waals surface area contributed by atoms with Gasteiger partial charge in [0.1, 0.15) is 0 Å². The molecule has 1 aromatic carbocycles. The highest BCUT2D eigenvalue weighted by Gasteiger charge is 2.32. The van der Waals surface area contributed by atoms with E-state index in [1.807, 2.05) is 24.3 Å². The van der Waals surface area contributed by atoms with Gasteiger partial charge in [0.2, 0.25) is 0 Å². The molecule has 2 N–H and O–H groups in total. The van der Waals surface area contributed by atoms with E-state index < -0.39 is 5.60 Å². The van der Waals surface area contributed by atoms with Crippen molar-refractivity contribution in [1.29, 1.82) is 0 Å². The van der Waals surface area contributed by atoms with Gasteiger partial charge in [0.25, 0.3) is 5.91 Å². The lowest BCUT2D eigenvalue weighted by Gasteiger charge is -2.40. The van der Waals surface area contributed by atoms with Crippen molar-refractivity contribution in [2.45, 2.75) is 69.9 Å². The van der Waals surface area contributed by atoms with E-state index in [1.165, 1.54) is 6.42 Å². The van der Waals surface area contributed by atoms with E-state index in [0.29, 0.717) is 0 Å². The van der Waals surface area contributed by atoms with Crippen molar-refractivity contribution in [2.75, 3.05) is 19.6 Å². The number of nitrogens with zero attached hydrogens (tertiary/aromatic N) is 1. The summed E-state index contributed by atoms with van der Waals surface area (Å²) in [4.78, 5) is 15.0. The Bertz CT molecular complexity index is 573. The summed E-state index contributed by atoms with van der Waals surface area (Å²) >= 11 is 0. The monoisotopic (exact) mass is 344 g/mol. The van der Waals surface area contributed by atoms with Crippen LogP contribution >= 0.6 is 0 Å². The van der Waals surface area contributed by atoms with E-state index in [9.17, 15) is 9.90 Å². The second kappa shape index (κ2) is 8.33. The molecule has 0 radical (unpaired) electrons. The second-order valence-electron chi connectivity index (χ2n) is 7.82. The number of aryl methyl sites for hydroxylation is 1. The van der Waals surface area contributed by atoms with Crippen LogP contribution in [0.4, 0.5) is 0 Å². The van der Waals surface area contributed by atoms with Crippen LogP contribution < -0.4 is 5.32 Å². The molecule has 1 heterocycles. The zero-order valence-corrected chi connectivity index (χ0v) is 15.5. The molecule has 1 saturated carbocycles. The molecule has 3 rings (SSSR count). The number of hydrogen-bond donors (Lipinski definition) is 2. The normalized spacial score (nSPS) is 21.8. The van der Waals surface area contributed by atoms with Crippen molar-refractivity contribution in [3.05, 3.63) is 35.4 Å². The standard InChI is InChI=1S/C21H32N2O2/c1-2-17-8-4-5-9-19(17)20(24)22-18-10-14-23(15-11-18)16-21(25)12-6-3-7-13-21/h4-5,8-9,18,25H,2-3,6-7,10-16H2,1H3,(H,22,24). The summed E-state index contributed by atoms with van der Waals surface area (Å²) in [6.07, 6.45) is 8.26. The Hall–Kier alpha value is -1.39. The van der Waals surface area contributed by atoms with Gasteiger partial charge < -0.3 is 15.3 Å². The largest absolute Gasteiger partial charge is 0.389 e. The molecular weight excluding hydrogens is 312 g/mol. The van der Waals surface area contributed by atoms with Gasteiger partial charge >= 0.3 is 0 Å². The highest BCUT2D eigenvalue weighted by atomic mass is 16.3. The fourth-order valence-corrected chi connectivity index (χ4v) is 4.33. The summed E-state index contributed by atoms with van der Waals surface area (Å²) in [5.41, 5.74) is 1.44. The molecule has 4 nitrogen and oxygen atoms in total. The van der Waals surface area contributed by atoms with Gasteiger partial charge in [-0.25, -0.2) is 0 Å². The van der Waals surface area contributed by atoms with Gasteiger partial charge in [-0.3, -0.25) is 4.79 Å². The number of amides is 1. The fourth-order valence-electron chi connectivity index (χ4n) is 4.33. The van der Waals surface area contributed by atoms with Crippen molar-refractivity contribution in [1.82, 2.24) is 10.2 Å². The molecule has 0 unspecified atom stereocenters. The minimum Gasteiger partial charge on any atom is -0.389 e. The number of β-amino-alcohol motifs (C(OH)–C–C–N with tert-alkyl or cyclic N) is 1. The molecule has 4 heteroatoms. The van der Waals surface area contributed by atoms with E-state index in [0.717, 1.165) is 75.7 Å². The Labute approximate surface area is 151 Å². The Morgan fingerprint density at radius 2 is 1.88 bits per heavy atom. The lowest BCUT2D eigenvalue weighted by atomic mass is 9.84. The molecule has 0 atom stereocenters. The van der Waals surface area contributed by atoms with Crippen LogP contribution in [0.15, 0.2) is 24.3 Å². The van der Waals surface area contributed by atoms with Crippen LogP contribution in [0.2, 0.25) is 0 Å². The van der Waals surface area contributed by atoms with Gasteiger partial charge in [-0.05, 0) is 43.7 Å². The van der Waals surface area contributed by atoms with Gasteiger partial charge in [-0.2, -0.15) is 0 Å². The molecule has 1 aliphatic carbocycles. The number of benzene rings is 1. The highest BCUT2D eigenvalue weighted by molar-refractivity contribution is 5.95. The maximum absolute atomic E-state index is 12.6. The Morgan fingerprint density at radius 3 is 2.56 bits per heavy atom. The zero-order chi connectivity index (χ0) is 17.7. The topological polar surface area (TPSA) is 52.6 Å². The van der Waals surface area contributed by atoms with Crippen molar-refractivity contribution in [3.8, 4) is 0 Å². The maximum atomic E-state index is 12.6. The minimum atomic E-state index is -0.478. The highest BCUT2D eigenvalue weighted by Crippen LogP contribution is 2.29. The van der Waals surface area contributed by atoms with Crippen LogP contribution in [-0.2, 0) is 6.42 Å². The number of rotatable bonds is 5. The number of hydrogen-bond acceptors (Lipinski definition) is 3. The third kappa shape index (κ3) is 4.83. The van der Waals surface area contributed by atoms with Crippen LogP contribution in [0.1, 0.15) is 67.8 Å². The van der Waals surface area contributed by atoms with Crippen molar-refractivity contribution in [2.24, 2.45) is 0 Å². The number of nitrogens with one attached hydrogen (secondary N) is 1. The van der Waals surface area contributed by atoms with Crippen LogP contribution in [0.25, 0.3) is 0 Å². The molecular formula is C21H32N2O2. The predicted molar refractivity (Wildman–Crippen MR) is 101 cm³/mol. The third-order valence-corrected chi connectivity index (χ3v) is 5.87. The van der Waals surface area contributed by atoms with E-state index in [1.54, 1.807) is 0 Å². The molecule has 0 aromatic heterocycles. The summed E-state index contributed by atoms with van der Waals surface area (Å²) in [7, 11) is 0. The van der Waals surface area contributed by atoms with Gasteiger partial charge in [-0.15, -0.1) is 0 Å². The van der Waals surface area contributed by atoms with Gasteiger partial charge in [0.05, 0.1) is 5.60 Å². The Kier molecular flexibility index (Phi) is 6.13. The average Bonchev–Trinajstić information content (AvgIpc) is 2.63. The Balaban J connectivity index is 1.48. The van der Waals surface area contributed by atoms with Crippen molar-refractivity contribution in [3.63, 3.8) is 0 Å². The third-order valence-electron chi connectivity index (χ3n) is 5.87. The van der Waals surface area contributed by atoms with Crippen LogP contribution in [-0.4, -0.2) is 47.2 Å². The number of likely N-dealkylation sites (tertiary alicyclic amines) is 1. The second-order valence-corrected chi connectivity index (χ2v) is 7.82. The summed E-state index contributed by atoms with van der Waals surface area (Å²) in [5.74, 6) is 0.0572. The van der Waals surface area contributed by atoms with Gasteiger partial charge in [0, 0.05) is 31.2 Å². The quantitative estimate of drug-likeness (QED) is 0.863. The number of aliphatic hydroxyl groups is 1. The predicted octanol–water partition coefficient (Wildman–Crippen LogP) is 3.14. The maximum Gasteiger partial charge on any atom is 0.251 e. The van der Waals surface area contributed by atoms with Crippen LogP contribution in [0, 0.1) is 0 Å². The number of carbonyl (C=O) groups is 1. The molecule has 1 saturated heterocycles. The van der Waals surface area contributed by atoms with E-state index in [2.05, 4.69) is 17.1 Å². The molecule has 0 bridgehead atoms. The van der Waals surface area contributed by atoms with Crippen LogP contribution in [0.3, 0.4) is 0 Å². The molecule has 2 aliphatic rings. The first-order valence-electron chi connectivity index (χ1n) is 9.93. The molecule has 0 spiro atoms. The number of carbonyl (C=O) groups excluding carboxylic acids is 1. The van der Waals surface area contributed by atoms with Crippen molar-refractivity contribution >= 4 is 5.91 Å². The first kappa shape index (κ1) is 18.4. The SMILES string of the molecule is CCc1ccccc1C(=O)NC1CCN(CC2(O)CCCCC2)CC1. The summed E-state index contributed by atoms with van der Waals surface area (Å²) in [6.45, 7) is 4.80.